The van der Waals surface area contributed by atoms with Gasteiger partial charge in [0.05, 0.1) is 6.04 Å². The molecule has 1 rings (SSSR count). The molecule has 0 aliphatic heterocycles. The van der Waals surface area contributed by atoms with Crippen molar-refractivity contribution >= 4 is 23.3 Å². The maximum atomic E-state index is 11.5. The second-order valence-corrected chi connectivity index (χ2v) is 4.48. The van der Waals surface area contributed by atoms with Gasteiger partial charge in [-0.05, 0) is 35.7 Å². The van der Waals surface area contributed by atoms with Gasteiger partial charge >= 0.3 is 12.0 Å². The van der Waals surface area contributed by atoms with Crippen molar-refractivity contribution in [2.75, 3.05) is 0 Å². The van der Waals surface area contributed by atoms with Gasteiger partial charge in [0, 0.05) is 0 Å². The number of hydrogen-bond acceptors (Lipinski definition) is 3. The molecule has 0 aliphatic carbocycles. The SMILES string of the molecule is CC[C@H](NC(=O)NC(C)c1ccsc1)C(=O)O. The lowest BCUT2D eigenvalue weighted by Crippen LogP contribution is -2.46. The van der Waals surface area contributed by atoms with Crippen molar-refractivity contribution in [1.29, 1.82) is 0 Å². The third-order valence-corrected chi connectivity index (χ3v) is 3.10. The number of rotatable bonds is 5. The van der Waals surface area contributed by atoms with Crippen LogP contribution in [0.1, 0.15) is 31.9 Å². The minimum absolute atomic E-state index is 0.132. The molecule has 1 unspecified atom stereocenters. The number of amides is 2. The Morgan fingerprint density at radius 1 is 1.47 bits per heavy atom. The molecule has 0 fully saturated rings. The molecule has 1 heterocycles. The molecule has 94 valence electrons. The lowest BCUT2D eigenvalue weighted by molar-refractivity contribution is -0.139. The van der Waals surface area contributed by atoms with Crippen molar-refractivity contribution < 1.29 is 14.7 Å². The molecular weight excluding hydrogens is 240 g/mol. The summed E-state index contributed by atoms with van der Waals surface area (Å²) in [4.78, 5) is 22.3. The zero-order chi connectivity index (χ0) is 12.8. The minimum atomic E-state index is -1.02. The van der Waals surface area contributed by atoms with E-state index in [-0.39, 0.29) is 6.04 Å². The fraction of sp³-hybridized carbons (Fsp3) is 0.455. The van der Waals surface area contributed by atoms with E-state index in [0.717, 1.165) is 5.56 Å². The summed E-state index contributed by atoms with van der Waals surface area (Å²) in [5.74, 6) is -1.02. The highest BCUT2D eigenvalue weighted by molar-refractivity contribution is 7.07. The third kappa shape index (κ3) is 4.07. The van der Waals surface area contributed by atoms with Gasteiger partial charge in [0.25, 0.3) is 0 Å². The number of carbonyl (C=O) groups is 2. The minimum Gasteiger partial charge on any atom is -0.480 e. The van der Waals surface area contributed by atoms with Crippen molar-refractivity contribution in [3.63, 3.8) is 0 Å². The molecule has 17 heavy (non-hydrogen) atoms. The summed E-state index contributed by atoms with van der Waals surface area (Å²) in [5.41, 5.74) is 1.01. The Labute approximate surface area is 104 Å². The molecule has 0 radical (unpaired) electrons. The van der Waals surface area contributed by atoms with E-state index in [1.165, 1.54) is 0 Å². The Balaban J connectivity index is 2.47. The van der Waals surface area contributed by atoms with Gasteiger partial charge in [0.2, 0.25) is 0 Å². The van der Waals surface area contributed by atoms with Crippen LogP contribution in [-0.4, -0.2) is 23.1 Å². The number of carboxylic acid groups (broad SMARTS) is 1. The summed E-state index contributed by atoms with van der Waals surface area (Å²) in [6, 6.07) is 0.486. The molecule has 1 aromatic heterocycles. The molecule has 0 saturated heterocycles. The Bertz CT molecular complexity index is 378. The number of nitrogens with one attached hydrogen (secondary N) is 2. The first-order valence-corrected chi connectivity index (χ1v) is 6.30. The summed E-state index contributed by atoms with van der Waals surface area (Å²) in [7, 11) is 0. The number of urea groups is 1. The monoisotopic (exact) mass is 256 g/mol. The van der Waals surface area contributed by atoms with E-state index in [1.54, 1.807) is 18.3 Å². The summed E-state index contributed by atoms with van der Waals surface area (Å²) < 4.78 is 0. The normalized spacial score (nSPS) is 13.8. The molecule has 0 spiro atoms. The van der Waals surface area contributed by atoms with Crippen LogP contribution in [0.25, 0.3) is 0 Å². The predicted octanol–water partition coefficient (Wildman–Crippen LogP) is 1.97. The summed E-state index contributed by atoms with van der Waals surface area (Å²) >= 11 is 1.55. The third-order valence-electron chi connectivity index (χ3n) is 2.40. The molecule has 5 nitrogen and oxygen atoms in total. The number of hydrogen-bond donors (Lipinski definition) is 3. The van der Waals surface area contributed by atoms with E-state index in [0.29, 0.717) is 6.42 Å². The largest absolute Gasteiger partial charge is 0.480 e. The average molecular weight is 256 g/mol. The molecule has 6 heteroatoms. The van der Waals surface area contributed by atoms with Gasteiger partial charge in [0.15, 0.2) is 0 Å². The van der Waals surface area contributed by atoms with Crippen LogP contribution in [0.5, 0.6) is 0 Å². The maximum absolute atomic E-state index is 11.5. The van der Waals surface area contributed by atoms with Crippen molar-refractivity contribution in [2.45, 2.75) is 32.4 Å². The van der Waals surface area contributed by atoms with E-state index in [4.69, 9.17) is 5.11 Å². The second-order valence-electron chi connectivity index (χ2n) is 3.70. The first-order chi connectivity index (χ1) is 8.04. The van der Waals surface area contributed by atoms with Crippen LogP contribution in [0.15, 0.2) is 16.8 Å². The van der Waals surface area contributed by atoms with Crippen LogP contribution in [-0.2, 0) is 4.79 Å². The Morgan fingerprint density at radius 3 is 2.65 bits per heavy atom. The van der Waals surface area contributed by atoms with Crippen molar-refractivity contribution in [2.24, 2.45) is 0 Å². The molecule has 0 saturated carbocycles. The zero-order valence-electron chi connectivity index (χ0n) is 9.77. The lowest BCUT2D eigenvalue weighted by Gasteiger charge is -2.16. The van der Waals surface area contributed by atoms with Gasteiger partial charge in [0.1, 0.15) is 6.04 Å². The first-order valence-electron chi connectivity index (χ1n) is 5.36. The number of carbonyl (C=O) groups excluding carboxylic acids is 1. The molecule has 3 N–H and O–H groups in total. The molecule has 0 aromatic carbocycles. The molecular formula is C11H16N2O3S. The van der Waals surface area contributed by atoms with Crippen LogP contribution < -0.4 is 10.6 Å². The van der Waals surface area contributed by atoms with Crippen molar-refractivity contribution in [1.82, 2.24) is 10.6 Å². The van der Waals surface area contributed by atoms with Crippen LogP contribution in [0, 0.1) is 0 Å². The molecule has 1 aromatic rings. The molecule has 2 amide bonds. The van der Waals surface area contributed by atoms with E-state index in [2.05, 4.69) is 10.6 Å². The van der Waals surface area contributed by atoms with Crippen LogP contribution in [0.4, 0.5) is 4.79 Å². The van der Waals surface area contributed by atoms with Crippen LogP contribution in [0.2, 0.25) is 0 Å². The zero-order valence-corrected chi connectivity index (χ0v) is 10.6. The van der Waals surface area contributed by atoms with Crippen molar-refractivity contribution in [3.05, 3.63) is 22.4 Å². The van der Waals surface area contributed by atoms with Gasteiger partial charge in [-0.15, -0.1) is 0 Å². The van der Waals surface area contributed by atoms with E-state index in [1.807, 2.05) is 23.8 Å². The highest BCUT2D eigenvalue weighted by Crippen LogP contribution is 2.15. The quantitative estimate of drug-likeness (QED) is 0.753. The summed E-state index contributed by atoms with van der Waals surface area (Å²) in [6.45, 7) is 3.56. The standard InChI is InChI=1S/C11H16N2O3S/c1-3-9(10(14)15)13-11(16)12-7(2)8-4-5-17-6-8/h4-7,9H,3H2,1-2H3,(H,14,15)(H2,12,13,16)/t7?,9-/m0/s1. The van der Waals surface area contributed by atoms with Gasteiger partial charge in [-0.2, -0.15) is 11.3 Å². The second kappa shape index (κ2) is 6.24. The Morgan fingerprint density at radius 2 is 2.18 bits per heavy atom. The average Bonchev–Trinajstić information content (AvgIpc) is 2.78. The molecule has 0 bridgehead atoms. The van der Waals surface area contributed by atoms with E-state index >= 15 is 0 Å². The van der Waals surface area contributed by atoms with E-state index < -0.39 is 18.0 Å². The lowest BCUT2D eigenvalue weighted by atomic mass is 10.2. The topological polar surface area (TPSA) is 78.4 Å². The first kappa shape index (κ1) is 13.5. The summed E-state index contributed by atoms with van der Waals surface area (Å²) in [5, 5.41) is 17.8. The fourth-order valence-corrected chi connectivity index (χ4v) is 2.09. The number of thiophene rings is 1. The fourth-order valence-electron chi connectivity index (χ4n) is 1.34. The smallest absolute Gasteiger partial charge is 0.326 e. The van der Waals surface area contributed by atoms with Gasteiger partial charge in [-0.3, -0.25) is 0 Å². The molecule has 0 aliphatic rings. The Hall–Kier alpha value is -1.56. The van der Waals surface area contributed by atoms with Crippen molar-refractivity contribution in [3.8, 4) is 0 Å². The number of carboxylic acids is 1. The van der Waals surface area contributed by atoms with Gasteiger partial charge < -0.3 is 15.7 Å². The van der Waals surface area contributed by atoms with Crippen LogP contribution >= 0.6 is 11.3 Å². The van der Waals surface area contributed by atoms with Crippen LogP contribution in [0.3, 0.4) is 0 Å². The highest BCUT2D eigenvalue weighted by atomic mass is 32.1. The Kier molecular flexibility index (Phi) is 4.96. The summed E-state index contributed by atoms with van der Waals surface area (Å²) in [6.07, 6.45) is 0.357. The van der Waals surface area contributed by atoms with E-state index in [9.17, 15) is 9.59 Å². The maximum Gasteiger partial charge on any atom is 0.326 e. The predicted molar refractivity (Wildman–Crippen MR) is 66.1 cm³/mol. The molecule has 2 atom stereocenters. The van der Waals surface area contributed by atoms with Gasteiger partial charge in [-0.1, -0.05) is 6.92 Å². The number of aliphatic carboxylic acids is 1. The highest BCUT2D eigenvalue weighted by Gasteiger charge is 2.18. The van der Waals surface area contributed by atoms with Gasteiger partial charge in [-0.25, -0.2) is 9.59 Å².